The van der Waals surface area contributed by atoms with Gasteiger partial charge < -0.3 is 9.47 Å². The van der Waals surface area contributed by atoms with Crippen molar-refractivity contribution in [3.8, 4) is 5.75 Å². The maximum atomic E-state index is 13.0. The van der Waals surface area contributed by atoms with Crippen LogP contribution in [0.3, 0.4) is 0 Å². The second-order valence-electron chi connectivity index (χ2n) is 3.68. The molecule has 0 saturated heterocycles. The summed E-state index contributed by atoms with van der Waals surface area (Å²) in [5.41, 5.74) is -0.245. The first kappa shape index (κ1) is 14.4. The summed E-state index contributed by atoms with van der Waals surface area (Å²) in [5.74, 6) is -0.637. The standard InChI is InChI=1S/C12H16FNO4/c1-2-3-6-17-7-8-18-12-9-10(13)4-5-11(12)14(15)16/h4-5,9H,2-3,6-8H2,1H3. The molecule has 1 aromatic rings. The van der Waals surface area contributed by atoms with Gasteiger partial charge in [0.1, 0.15) is 12.4 Å². The number of hydrogen-bond donors (Lipinski definition) is 0. The number of halogens is 1. The predicted octanol–water partition coefficient (Wildman–Crippen LogP) is 2.93. The van der Waals surface area contributed by atoms with Gasteiger partial charge in [0.2, 0.25) is 0 Å². The normalized spacial score (nSPS) is 10.3. The highest BCUT2D eigenvalue weighted by molar-refractivity contribution is 5.46. The Bertz CT molecular complexity index is 398. The Labute approximate surface area is 105 Å². The fourth-order valence-corrected chi connectivity index (χ4v) is 1.31. The molecule has 0 N–H and O–H groups in total. The van der Waals surface area contributed by atoms with Gasteiger partial charge in [-0.2, -0.15) is 0 Å². The number of hydrogen-bond acceptors (Lipinski definition) is 4. The van der Waals surface area contributed by atoms with Crippen LogP contribution in [-0.2, 0) is 4.74 Å². The van der Waals surface area contributed by atoms with Gasteiger partial charge in [0.25, 0.3) is 0 Å². The minimum absolute atomic E-state index is 0.0703. The van der Waals surface area contributed by atoms with E-state index < -0.39 is 10.7 Å². The highest BCUT2D eigenvalue weighted by atomic mass is 19.1. The fourth-order valence-electron chi connectivity index (χ4n) is 1.31. The Morgan fingerprint density at radius 1 is 1.33 bits per heavy atom. The van der Waals surface area contributed by atoms with E-state index in [0.29, 0.717) is 13.2 Å². The van der Waals surface area contributed by atoms with Gasteiger partial charge in [-0.3, -0.25) is 10.1 Å². The quantitative estimate of drug-likeness (QED) is 0.408. The molecule has 0 aliphatic heterocycles. The number of nitrogens with zero attached hydrogens (tertiary/aromatic N) is 1. The summed E-state index contributed by atoms with van der Waals surface area (Å²) in [6.07, 6.45) is 2.00. The van der Waals surface area contributed by atoms with Crippen LogP contribution < -0.4 is 4.74 Å². The Kier molecular flexibility index (Phi) is 6.07. The molecule has 0 bridgehead atoms. The van der Waals surface area contributed by atoms with Crippen LogP contribution in [0.1, 0.15) is 19.8 Å². The van der Waals surface area contributed by atoms with E-state index in [4.69, 9.17) is 9.47 Å². The van der Waals surface area contributed by atoms with Crippen LogP contribution in [0.25, 0.3) is 0 Å². The zero-order valence-electron chi connectivity index (χ0n) is 10.2. The number of rotatable bonds is 8. The number of ether oxygens (including phenoxy) is 2. The Morgan fingerprint density at radius 2 is 2.11 bits per heavy atom. The lowest BCUT2D eigenvalue weighted by Crippen LogP contribution is -2.08. The van der Waals surface area contributed by atoms with Crippen LogP contribution >= 0.6 is 0 Å². The maximum absolute atomic E-state index is 13.0. The van der Waals surface area contributed by atoms with Crippen molar-refractivity contribution in [2.45, 2.75) is 19.8 Å². The van der Waals surface area contributed by atoms with E-state index in [1.54, 1.807) is 0 Å². The van der Waals surface area contributed by atoms with E-state index in [-0.39, 0.29) is 18.0 Å². The second kappa shape index (κ2) is 7.60. The molecule has 18 heavy (non-hydrogen) atoms. The Morgan fingerprint density at radius 3 is 2.78 bits per heavy atom. The zero-order chi connectivity index (χ0) is 13.4. The lowest BCUT2D eigenvalue weighted by atomic mass is 10.3. The third-order valence-electron chi connectivity index (χ3n) is 2.25. The van der Waals surface area contributed by atoms with Crippen molar-refractivity contribution in [2.24, 2.45) is 0 Å². The smallest absolute Gasteiger partial charge is 0.311 e. The summed E-state index contributed by atoms with van der Waals surface area (Å²) in [5, 5.41) is 10.7. The van der Waals surface area contributed by atoms with Crippen LogP contribution in [0, 0.1) is 15.9 Å². The molecule has 0 aromatic heterocycles. The minimum Gasteiger partial charge on any atom is -0.484 e. The van der Waals surface area contributed by atoms with Gasteiger partial charge in [-0.1, -0.05) is 13.3 Å². The summed E-state index contributed by atoms with van der Waals surface area (Å²) in [6.45, 7) is 3.17. The summed E-state index contributed by atoms with van der Waals surface area (Å²) in [7, 11) is 0. The summed E-state index contributed by atoms with van der Waals surface area (Å²) < 4.78 is 23.3. The van der Waals surface area contributed by atoms with E-state index >= 15 is 0 Å². The zero-order valence-corrected chi connectivity index (χ0v) is 10.2. The van der Waals surface area contributed by atoms with Crippen LogP contribution in [0.2, 0.25) is 0 Å². The highest BCUT2D eigenvalue weighted by Gasteiger charge is 2.15. The molecule has 5 nitrogen and oxygen atoms in total. The van der Waals surface area contributed by atoms with Crippen LogP contribution in [0.15, 0.2) is 18.2 Å². The average Bonchev–Trinajstić information content (AvgIpc) is 2.33. The molecule has 0 amide bonds. The number of unbranched alkanes of at least 4 members (excludes halogenated alkanes) is 1. The molecular formula is C12H16FNO4. The Hall–Kier alpha value is -1.69. The molecule has 0 spiro atoms. The molecule has 0 aliphatic carbocycles. The molecule has 0 heterocycles. The molecule has 0 fully saturated rings. The molecule has 6 heteroatoms. The number of nitro groups is 1. The van der Waals surface area contributed by atoms with Crippen LogP contribution in [-0.4, -0.2) is 24.7 Å². The van der Waals surface area contributed by atoms with Gasteiger partial charge in [-0.25, -0.2) is 4.39 Å². The van der Waals surface area contributed by atoms with Gasteiger partial charge in [0.05, 0.1) is 11.5 Å². The topological polar surface area (TPSA) is 61.6 Å². The molecule has 0 unspecified atom stereocenters. The first-order valence-electron chi connectivity index (χ1n) is 5.79. The molecule has 0 radical (unpaired) electrons. The van der Waals surface area contributed by atoms with Crippen molar-refractivity contribution in [1.82, 2.24) is 0 Å². The predicted molar refractivity (Wildman–Crippen MR) is 64.3 cm³/mol. The first-order chi connectivity index (χ1) is 8.65. The Balaban J connectivity index is 2.45. The van der Waals surface area contributed by atoms with Crippen LogP contribution in [0.4, 0.5) is 10.1 Å². The van der Waals surface area contributed by atoms with E-state index in [9.17, 15) is 14.5 Å². The molecule has 1 rings (SSSR count). The van der Waals surface area contributed by atoms with Crippen molar-refractivity contribution in [3.63, 3.8) is 0 Å². The molecule has 0 saturated carbocycles. The lowest BCUT2D eigenvalue weighted by molar-refractivity contribution is -0.385. The van der Waals surface area contributed by atoms with Gasteiger partial charge in [0.15, 0.2) is 5.75 Å². The van der Waals surface area contributed by atoms with Gasteiger partial charge >= 0.3 is 5.69 Å². The third-order valence-corrected chi connectivity index (χ3v) is 2.25. The molecule has 0 atom stereocenters. The van der Waals surface area contributed by atoms with Crippen molar-refractivity contribution in [2.75, 3.05) is 19.8 Å². The highest BCUT2D eigenvalue weighted by Crippen LogP contribution is 2.27. The SMILES string of the molecule is CCCCOCCOc1cc(F)ccc1[N+](=O)[O-]. The van der Waals surface area contributed by atoms with Crippen LogP contribution in [0.5, 0.6) is 5.75 Å². The second-order valence-corrected chi connectivity index (χ2v) is 3.68. The number of benzene rings is 1. The third kappa shape index (κ3) is 4.67. The average molecular weight is 257 g/mol. The summed E-state index contributed by atoms with van der Waals surface area (Å²) >= 11 is 0. The lowest BCUT2D eigenvalue weighted by Gasteiger charge is -2.07. The summed E-state index contributed by atoms with van der Waals surface area (Å²) in [6, 6.07) is 3.12. The molecular weight excluding hydrogens is 241 g/mol. The van der Waals surface area contributed by atoms with Crippen molar-refractivity contribution in [3.05, 3.63) is 34.1 Å². The minimum atomic E-state index is -0.604. The van der Waals surface area contributed by atoms with E-state index in [1.807, 2.05) is 0 Å². The van der Waals surface area contributed by atoms with E-state index in [2.05, 4.69) is 6.92 Å². The van der Waals surface area contributed by atoms with Crippen molar-refractivity contribution < 1.29 is 18.8 Å². The van der Waals surface area contributed by atoms with E-state index in [0.717, 1.165) is 31.0 Å². The van der Waals surface area contributed by atoms with Crippen molar-refractivity contribution >= 4 is 5.69 Å². The first-order valence-corrected chi connectivity index (χ1v) is 5.79. The van der Waals surface area contributed by atoms with E-state index in [1.165, 1.54) is 0 Å². The fraction of sp³-hybridized carbons (Fsp3) is 0.500. The molecule has 100 valence electrons. The molecule has 0 aliphatic rings. The van der Waals surface area contributed by atoms with Crippen molar-refractivity contribution in [1.29, 1.82) is 0 Å². The van der Waals surface area contributed by atoms with Gasteiger partial charge in [-0.15, -0.1) is 0 Å². The monoisotopic (exact) mass is 257 g/mol. The largest absolute Gasteiger partial charge is 0.484 e. The van der Waals surface area contributed by atoms with Gasteiger partial charge in [-0.05, 0) is 12.5 Å². The number of nitro benzene ring substituents is 1. The van der Waals surface area contributed by atoms with Gasteiger partial charge in [0, 0.05) is 18.7 Å². The maximum Gasteiger partial charge on any atom is 0.311 e. The molecule has 1 aromatic carbocycles. The summed E-state index contributed by atoms with van der Waals surface area (Å²) in [4.78, 5) is 10.1.